The molecule has 0 radical (unpaired) electrons. The third-order valence-corrected chi connectivity index (χ3v) is 3.24. The van der Waals surface area contributed by atoms with Crippen molar-refractivity contribution in [1.82, 2.24) is 10.2 Å². The predicted molar refractivity (Wildman–Crippen MR) is 56.2 cm³/mol. The van der Waals surface area contributed by atoms with E-state index in [9.17, 15) is 9.59 Å². The van der Waals surface area contributed by atoms with Gasteiger partial charge in [-0.2, -0.15) is 0 Å². The van der Waals surface area contributed by atoms with Gasteiger partial charge >= 0.3 is 0 Å². The second-order valence-electron chi connectivity index (χ2n) is 4.46. The van der Waals surface area contributed by atoms with E-state index in [1.165, 1.54) is 4.90 Å². The van der Waals surface area contributed by atoms with Crippen LogP contribution in [0.3, 0.4) is 0 Å². The zero-order valence-corrected chi connectivity index (χ0v) is 9.00. The molecule has 0 aromatic rings. The van der Waals surface area contributed by atoms with Crippen LogP contribution in [0, 0.1) is 5.92 Å². The summed E-state index contributed by atoms with van der Waals surface area (Å²) >= 11 is 0. The van der Waals surface area contributed by atoms with Crippen molar-refractivity contribution in [2.75, 3.05) is 19.6 Å². The first-order valence-corrected chi connectivity index (χ1v) is 5.81. The van der Waals surface area contributed by atoms with Crippen molar-refractivity contribution in [2.45, 2.75) is 32.1 Å². The normalized spacial score (nSPS) is 28.3. The van der Waals surface area contributed by atoms with Gasteiger partial charge < -0.3 is 5.32 Å². The number of rotatable bonds is 2. The van der Waals surface area contributed by atoms with Crippen LogP contribution in [-0.2, 0) is 9.59 Å². The molecule has 4 heteroatoms. The summed E-state index contributed by atoms with van der Waals surface area (Å²) < 4.78 is 0. The van der Waals surface area contributed by atoms with Crippen LogP contribution in [-0.4, -0.2) is 36.3 Å². The SMILES string of the molecule is O=C1CCCCC(=O)N1CC1CCNC1. The quantitative estimate of drug-likeness (QED) is 0.676. The Labute approximate surface area is 90.0 Å². The Morgan fingerprint density at radius 1 is 1.20 bits per heavy atom. The van der Waals surface area contributed by atoms with Crippen molar-refractivity contribution in [2.24, 2.45) is 5.92 Å². The van der Waals surface area contributed by atoms with Crippen molar-refractivity contribution < 1.29 is 9.59 Å². The number of hydrogen-bond acceptors (Lipinski definition) is 3. The third-order valence-electron chi connectivity index (χ3n) is 3.24. The first-order chi connectivity index (χ1) is 7.27. The van der Waals surface area contributed by atoms with Crippen LogP contribution in [0.4, 0.5) is 0 Å². The van der Waals surface area contributed by atoms with E-state index in [0.717, 1.165) is 32.4 Å². The van der Waals surface area contributed by atoms with E-state index in [1.807, 2.05) is 0 Å². The lowest BCUT2D eigenvalue weighted by molar-refractivity contribution is -0.144. The van der Waals surface area contributed by atoms with Crippen molar-refractivity contribution in [3.8, 4) is 0 Å². The molecule has 84 valence electrons. The first kappa shape index (κ1) is 10.6. The molecular formula is C11H18N2O2. The molecule has 1 atom stereocenters. The maximum absolute atomic E-state index is 11.7. The molecule has 4 nitrogen and oxygen atoms in total. The van der Waals surface area contributed by atoms with Crippen LogP contribution < -0.4 is 5.32 Å². The van der Waals surface area contributed by atoms with E-state index in [2.05, 4.69) is 5.32 Å². The van der Waals surface area contributed by atoms with Crippen molar-refractivity contribution >= 4 is 11.8 Å². The number of nitrogens with zero attached hydrogens (tertiary/aromatic N) is 1. The lowest BCUT2D eigenvalue weighted by atomic mass is 10.1. The number of carbonyl (C=O) groups excluding carboxylic acids is 2. The van der Waals surface area contributed by atoms with E-state index in [0.29, 0.717) is 25.3 Å². The molecule has 0 saturated carbocycles. The third kappa shape index (κ3) is 2.56. The number of nitrogens with one attached hydrogen (secondary N) is 1. The number of imide groups is 1. The van der Waals surface area contributed by atoms with Gasteiger partial charge in [0.2, 0.25) is 11.8 Å². The molecule has 2 fully saturated rings. The topological polar surface area (TPSA) is 49.4 Å². The van der Waals surface area contributed by atoms with Gasteiger partial charge in [-0.15, -0.1) is 0 Å². The highest BCUT2D eigenvalue weighted by Gasteiger charge is 2.27. The maximum atomic E-state index is 11.7. The minimum Gasteiger partial charge on any atom is -0.316 e. The minimum absolute atomic E-state index is 0.0319. The molecule has 0 bridgehead atoms. The predicted octanol–water partition coefficient (Wildman–Crippen LogP) is 0.525. The monoisotopic (exact) mass is 210 g/mol. The highest BCUT2D eigenvalue weighted by molar-refractivity contribution is 5.96. The highest BCUT2D eigenvalue weighted by atomic mass is 16.2. The van der Waals surface area contributed by atoms with E-state index in [1.54, 1.807) is 0 Å². The molecule has 15 heavy (non-hydrogen) atoms. The van der Waals surface area contributed by atoms with E-state index in [-0.39, 0.29) is 11.8 Å². The Morgan fingerprint density at radius 2 is 1.87 bits per heavy atom. The van der Waals surface area contributed by atoms with Crippen LogP contribution in [0.2, 0.25) is 0 Å². The lowest BCUT2D eigenvalue weighted by Gasteiger charge is -2.21. The fraction of sp³-hybridized carbons (Fsp3) is 0.818. The Kier molecular flexibility index (Phi) is 3.36. The Morgan fingerprint density at radius 3 is 2.40 bits per heavy atom. The zero-order valence-electron chi connectivity index (χ0n) is 9.00. The van der Waals surface area contributed by atoms with Crippen molar-refractivity contribution in [3.63, 3.8) is 0 Å². The van der Waals surface area contributed by atoms with E-state index < -0.39 is 0 Å². The fourth-order valence-electron chi connectivity index (χ4n) is 2.29. The summed E-state index contributed by atoms with van der Waals surface area (Å²) in [6.07, 6.45) is 3.91. The highest BCUT2D eigenvalue weighted by Crippen LogP contribution is 2.16. The van der Waals surface area contributed by atoms with Gasteiger partial charge in [0.25, 0.3) is 0 Å². The van der Waals surface area contributed by atoms with Crippen molar-refractivity contribution in [3.05, 3.63) is 0 Å². The van der Waals surface area contributed by atoms with Gasteiger partial charge in [-0.1, -0.05) is 0 Å². The van der Waals surface area contributed by atoms with Crippen LogP contribution in [0.15, 0.2) is 0 Å². The van der Waals surface area contributed by atoms with Crippen LogP contribution in [0.1, 0.15) is 32.1 Å². The van der Waals surface area contributed by atoms with E-state index in [4.69, 9.17) is 0 Å². The molecule has 2 aliphatic heterocycles. The molecule has 2 rings (SSSR count). The number of amides is 2. The molecule has 2 saturated heterocycles. The molecule has 1 N–H and O–H groups in total. The van der Waals surface area contributed by atoms with Gasteiger partial charge in [-0.05, 0) is 38.3 Å². The molecule has 2 amide bonds. The van der Waals surface area contributed by atoms with Crippen LogP contribution in [0.25, 0.3) is 0 Å². The summed E-state index contributed by atoms with van der Waals surface area (Å²) in [5, 5.41) is 3.26. The van der Waals surface area contributed by atoms with Gasteiger partial charge in [0.15, 0.2) is 0 Å². The first-order valence-electron chi connectivity index (χ1n) is 5.81. The Balaban J connectivity index is 1.96. The number of hydrogen-bond donors (Lipinski definition) is 1. The average Bonchev–Trinajstić information content (AvgIpc) is 2.67. The lowest BCUT2D eigenvalue weighted by Crippen LogP contribution is -2.39. The molecular weight excluding hydrogens is 192 g/mol. The standard InChI is InChI=1S/C11H18N2O2/c14-10-3-1-2-4-11(15)13(10)8-9-5-6-12-7-9/h9,12H,1-8H2. The molecule has 0 aromatic carbocycles. The number of likely N-dealkylation sites (tertiary alicyclic amines) is 1. The second kappa shape index (κ2) is 4.75. The molecule has 2 heterocycles. The molecule has 1 unspecified atom stereocenters. The summed E-state index contributed by atoms with van der Waals surface area (Å²) in [5.41, 5.74) is 0. The fourth-order valence-corrected chi connectivity index (χ4v) is 2.29. The molecule has 2 aliphatic rings. The summed E-state index contributed by atoms with van der Waals surface area (Å²) in [5.74, 6) is 0.532. The maximum Gasteiger partial charge on any atom is 0.229 e. The average molecular weight is 210 g/mol. The minimum atomic E-state index is 0.0319. The summed E-state index contributed by atoms with van der Waals surface area (Å²) in [6, 6.07) is 0. The van der Waals surface area contributed by atoms with Crippen molar-refractivity contribution in [1.29, 1.82) is 0 Å². The molecule has 0 aliphatic carbocycles. The summed E-state index contributed by atoms with van der Waals surface area (Å²) in [6.45, 7) is 2.59. The second-order valence-corrected chi connectivity index (χ2v) is 4.46. The number of carbonyl (C=O) groups is 2. The zero-order chi connectivity index (χ0) is 10.7. The van der Waals surface area contributed by atoms with Gasteiger partial charge in [-0.3, -0.25) is 14.5 Å². The van der Waals surface area contributed by atoms with Gasteiger partial charge in [0.1, 0.15) is 0 Å². The summed E-state index contributed by atoms with van der Waals surface area (Å²) in [4.78, 5) is 24.9. The van der Waals surface area contributed by atoms with Crippen LogP contribution >= 0.6 is 0 Å². The van der Waals surface area contributed by atoms with E-state index >= 15 is 0 Å². The van der Waals surface area contributed by atoms with Crippen LogP contribution in [0.5, 0.6) is 0 Å². The Bertz CT molecular complexity index is 241. The Hall–Kier alpha value is -0.900. The smallest absolute Gasteiger partial charge is 0.229 e. The molecule has 0 aromatic heterocycles. The summed E-state index contributed by atoms with van der Waals surface area (Å²) in [7, 11) is 0. The van der Waals surface area contributed by atoms with Gasteiger partial charge in [0.05, 0.1) is 0 Å². The van der Waals surface area contributed by atoms with Gasteiger partial charge in [-0.25, -0.2) is 0 Å². The largest absolute Gasteiger partial charge is 0.316 e. The molecule has 0 spiro atoms. The van der Waals surface area contributed by atoms with Gasteiger partial charge in [0, 0.05) is 19.4 Å².